The molecule has 1 aliphatic carbocycles. The van der Waals surface area contributed by atoms with Gasteiger partial charge in [0.15, 0.2) is 0 Å². The third kappa shape index (κ3) is 4.20. The first-order chi connectivity index (χ1) is 11.4. The zero-order valence-corrected chi connectivity index (χ0v) is 15.1. The van der Waals surface area contributed by atoms with Gasteiger partial charge in [-0.15, -0.1) is 0 Å². The smallest absolute Gasteiger partial charge is 0.271 e. The molecule has 0 spiro atoms. The van der Waals surface area contributed by atoms with Crippen LogP contribution in [0.15, 0.2) is 24.3 Å². The molecule has 7 nitrogen and oxygen atoms in total. The summed E-state index contributed by atoms with van der Waals surface area (Å²) in [6.45, 7) is 0.429. The fourth-order valence-corrected chi connectivity index (χ4v) is 6.05. The van der Waals surface area contributed by atoms with E-state index in [2.05, 4.69) is 9.44 Å². The van der Waals surface area contributed by atoms with Gasteiger partial charge in [-0.05, 0) is 43.9 Å². The lowest BCUT2D eigenvalue weighted by Crippen LogP contribution is -2.38. The van der Waals surface area contributed by atoms with E-state index >= 15 is 0 Å². The molecule has 1 aromatic carbocycles. The third-order valence-electron chi connectivity index (χ3n) is 4.41. The molecule has 0 radical (unpaired) electrons. The minimum absolute atomic E-state index is 0.0202. The summed E-state index contributed by atoms with van der Waals surface area (Å²) in [6, 6.07) is 6.51. The maximum atomic E-state index is 12.2. The van der Waals surface area contributed by atoms with Gasteiger partial charge in [-0.25, -0.2) is 8.42 Å². The number of benzene rings is 1. The average molecular weight is 374 g/mol. The van der Waals surface area contributed by atoms with Crippen molar-refractivity contribution >= 4 is 31.6 Å². The molecule has 1 aromatic rings. The molecule has 0 aromatic heterocycles. The lowest BCUT2D eigenvalue weighted by atomic mass is 10.2. The minimum Gasteiger partial charge on any atom is -0.271 e. The number of anilines is 2. The van der Waals surface area contributed by atoms with E-state index in [1.807, 2.05) is 0 Å². The second kappa shape index (κ2) is 6.89. The van der Waals surface area contributed by atoms with Gasteiger partial charge in [0.1, 0.15) is 0 Å². The fraction of sp³-hybridized carbons (Fsp3) is 0.600. The second-order valence-corrected chi connectivity index (χ2v) is 9.81. The molecule has 24 heavy (non-hydrogen) atoms. The molecule has 3 rings (SSSR count). The van der Waals surface area contributed by atoms with Crippen molar-refractivity contribution < 1.29 is 16.8 Å². The van der Waals surface area contributed by atoms with Gasteiger partial charge in [-0.2, -0.15) is 13.1 Å². The van der Waals surface area contributed by atoms with Crippen molar-refractivity contribution in [1.82, 2.24) is 4.72 Å². The van der Waals surface area contributed by atoms with Crippen molar-refractivity contribution in [3.8, 4) is 0 Å². The number of rotatable bonds is 5. The van der Waals surface area contributed by atoms with Gasteiger partial charge in [0.25, 0.3) is 10.2 Å². The average Bonchev–Trinajstić information content (AvgIpc) is 2.98. The SMILES string of the molecule is O=S(=O)(Nc1cccc(N2CCCCS2(=O)=O)c1)NC1CCCC1. The first-order valence-corrected chi connectivity index (χ1v) is 11.4. The lowest BCUT2D eigenvalue weighted by molar-refractivity contribution is 0.557. The van der Waals surface area contributed by atoms with Gasteiger partial charge in [0.2, 0.25) is 10.0 Å². The lowest BCUT2D eigenvalue weighted by Gasteiger charge is -2.28. The van der Waals surface area contributed by atoms with Crippen molar-refractivity contribution in [1.29, 1.82) is 0 Å². The van der Waals surface area contributed by atoms with Crippen LogP contribution in [0.1, 0.15) is 38.5 Å². The van der Waals surface area contributed by atoms with Crippen LogP contribution in [-0.4, -0.2) is 35.2 Å². The van der Waals surface area contributed by atoms with E-state index in [1.165, 1.54) is 4.31 Å². The Bertz CT molecular complexity index is 787. The second-order valence-electron chi connectivity index (χ2n) is 6.35. The molecule has 2 N–H and O–H groups in total. The van der Waals surface area contributed by atoms with Crippen LogP contribution in [0.3, 0.4) is 0 Å². The van der Waals surface area contributed by atoms with E-state index in [4.69, 9.17) is 0 Å². The van der Waals surface area contributed by atoms with Crippen molar-refractivity contribution in [3.63, 3.8) is 0 Å². The Morgan fingerprint density at radius 1 is 1.08 bits per heavy atom. The van der Waals surface area contributed by atoms with Crippen LogP contribution in [0, 0.1) is 0 Å². The molecular formula is C15H23N3O4S2. The molecule has 1 heterocycles. The number of hydrogen-bond acceptors (Lipinski definition) is 4. The topological polar surface area (TPSA) is 95.6 Å². The quantitative estimate of drug-likeness (QED) is 0.823. The Labute approximate surface area is 143 Å². The largest absolute Gasteiger partial charge is 0.299 e. The van der Waals surface area contributed by atoms with Crippen molar-refractivity contribution in [2.45, 2.75) is 44.6 Å². The molecule has 0 amide bonds. The van der Waals surface area contributed by atoms with E-state index in [1.54, 1.807) is 24.3 Å². The molecule has 0 bridgehead atoms. The summed E-state index contributed by atoms with van der Waals surface area (Å²) in [4.78, 5) is 0. The highest BCUT2D eigenvalue weighted by molar-refractivity contribution is 7.92. The predicted octanol–water partition coefficient (Wildman–Crippen LogP) is 1.81. The van der Waals surface area contributed by atoms with Gasteiger partial charge >= 0.3 is 0 Å². The highest BCUT2D eigenvalue weighted by Crippen LogP contribution is 2.26. The van der Waals surface area contributed by atoms with E-state index in [9.17, 15) is 16.8 Å². The molecule has 1 aliphatic heterocycles. The zero-order valence-electron chi connectivity index (χ0n) is 13.4. The Morgan fingerprint density at radius 2 is 1.83 bits per heavy atom. The van der Waals surface area contributed by atoms with Crippen LogP contribution in [0.25, 0.3) is 0 Å². The molecular weight excluding hydrogens is 350 g/mol. The summed E-state index contributed by atoms with van der Waals surface area (Å²) in [5.41, 5.74) is 0.856. The van der Waals surface area contributed by atoms with Crippen molar-refractivity contribution in [2.24, 2.45) is 0 Å². The molecule has 2 aliphatic rings. The summed E-state index contributed by atoms with van der Waals surface area (Å²) in [5, 5.41) is 0. The highest BCUT2D eigenvalue weighted by Gasteiger charge is 2.26. The molecule has 134 valence electrons. The van der Waals surface area contributed by atoms with E-state index in [0.717, 1.165) is 32.1 Å². The molecule has 1 saturated heterocycles. The molecule has 1 saturated carbocycles. The Kier molecular flexibility index (Phi) is 5.03. The van der Waals surface area contributed by atoms with Crippen molar-refractivity contribution in [3.05, 3.63) is 24.3 Å². The first kappa shape index (κ1) is 17.5. The van der Waals surface area contributed by atoms with Gasteiger partial charge < -0.3 is 0 Å². The summed E-state index contributed by atoms with van der Waals surface area (Å²) < 4.78 is 55.3. The van der Waals surface area contributed by atoms with Crippen molar-refractivity contribution in [2.75, 3.05) is 21.3 Å². The van der Waals surface area contributed by atoms with Crippen LogP contribution in [0.4, 0.5) is 11.4 Å². The molecule has 2 fully saturated rings. The predicted molar refractivity (Wildman–Crippen MR) is 94.7 cm³/mol. The normalized spacial score (nSPS) is 21.8. The summed E-state index contributed by atoms with van der Waals surface area (Å²) in [7, 11) is -6.98. The van der Waals surface area contributed by atoms with Gasteiger partial charge in [-0.1, -0.05) is 18.9 Å². The van der Waals surface area contributed by atoms with Gasteiger partial charge in [-0.3, -0.25) is 9.03 Å². The van der Waals surface area contributed by atoms with E-state index < -0.39 is 20.2 Å². The van der Waals surface area contributed by atoms with Crippen LogP contribution in [-0.2, 0) is 20.2 Å². The van der Waals surface area contributed by atoms with Crippen LogP contribution in [0.2, 0.25) is 0 Å². The molecule has 0 unspecified atom stereocenters. The Hall–Kier alpha value is -1.32. The van der Waals surface area contributed by atoms with Gasteiger partial charge in [0.05, 0.1) is 17.1 Å². The van der Waals surface area contributed by atoms with E-state index in [0.29, 0.717) is 24.3 Å². The third-order valence-corrected chi connectivity index (χ3v) is 7.43. The first-order valence-electron chi connectivity index (χ1n) is 8.26. The standard InChI is InChI=1S/C15H23N3O4S2/c19-23(20)11-4-3-10-18(23)15-9-5-8-14(12-15)17-24(21,22)16-13-6-1-2-7-13/h5,8-9,12-13,16-17H,1-4,6-7,10-11H2. The highest BCUT2D eigenvalue weighted by atomic mass is 32.2. The number of nitrogens with zero attached hydrogens (tertiary/aromatic N) is 1. The summed E-state index contributed by atoms with van der Waals surface area (Å²) in [6.07, 6.45) is 5.25. The van der Waals surface area contributed by atoms with E-state index in [-0.39, 0.29) is 11.8 Å². The minimum atomic E-state index is -3.66. The fourth-order valence-electron chi connectivity index (χ4n) is 3.25. The zero-order chi connectivity index (χ0) is 17.2. The number of nitrogens with one attached hydrogen (secondary N) is 2. The maximum Gasteiger partial charge on any atom is 0.299 e. The summed E-state index contributed by atoms with van der Waals surface area (Å²) in [5.74, 6) is 0.131. The van der Waals surface area contributed by atoms with Crippen LogP contribution < -0.4 is 13.7 Å². The molecule has 0 atom stereocenters. The summed E-state index contributed by atoms with van der Waals surface area (Å²) >= 11 is 0. The number of sulfonamides is 1. The Morgan fingerprint density at radius 3 is 2.54 bits per heavy atom. The Balaban J connectivity index is 1.75. The van der Waals surface area contributed by atoms with Gasteiger partial charge in [0, 0.05) is 12.6 Å². The van der Waals surface area contributed by atoms with Crippen LogP contribution >= 0.6 is 0 Å². The number of hydrogen-bond donors (Lipinski definition) is 2. The maximum absolute atomic E-state index is 12.2. The monoisotopic (exact) mass is 373 g/mol. The van der Waals surface area contributed by atoms with Crippen LogP contribution in [0.5, 0.6) is 0 Å². The molecule has 9 heteroatoms.